The van der Waals surface area contributed by atoms with E-state index < -0.39 is 0 Å². The number of pyridine rings is 1. The summed E-state index contributed by atoms with van der Waals surface area (Å²) in [6.45, 7) is 0.667. The van der Waals surface area contributed by atoms with E-state index in [0.717, 1.165) is 44.3 Å². The van der Waals surface area contributed by atoms with Gasteiger partial charge in [0.1, 0.15) is 17.8 Å². The van der Waals surface area contributed by atoms with Gasteiger partial charge in [0, 0.05) is 54.8 Å². The van der Waals surface area contributed by atoms with Gasteiger partial charge in [0.15, 0.2) is 30.3 Å². The first-order chi connectivity index (χ1) is 15.1. The monoisotopic (exact) mass is 411 g/mol. The highest BCUT2D eigenvalue weighted by Gasteiger charge is 2.15. The molecule has 2 aliphatic rings. The van der Waals surface area contributed by atoms with Crippen molar-refractivity contribution in [3.8, 4) is 11.5 Å². The van der Waals surface area contributed by atoms with Gasteiger partial charge in [0.05, 0.1) is 11.0 Å². The summed E-state index contributed by atoms with van der Waals surface area (Å²) in [5.41, 5.74) is 4.29. The van der Waals surface area contributed by atoms with E-state index in [1.165, 1.54) is 0 Å². The van der Waals surface area contributed by atoms with E-state index in [-0.39, 0.29) is 6.61 Å². The molecule has 1 aliphatic heterocycles. The molecule has 0 saturated heterocycles. The molecule has 0 unspecified atom stereocenters. The number of hydrogen-bond donors (Lipinski definition) is 1. The Kier molecular flexibility index (Phi) is 4.84. The fourth-order valence-electron chi connectivity index (χ4n) is 3.72. The Morgan fingerprint density at radius 2 is 1.77 bits per heavy atom. The van der Waals surface area contributed by atoms with Crippen LogP contribution < -0.4 is 14.8 Å². The molecule has 1 aliphatic carbocycles. The average Bonchev–Trinajstić information content (AvgIpc) is 2.79. The number of fused-ring (bicyclic) bond motifs is 4. The Morgan fingerprint density at radius 1 is 1.00 bits per heavy atom. The van der Waals surface area contributed by atoms with Crippen molar-refractivity contribution < 1.29 is 14.1 Å². The zero-order valence-electron chi connectivity index (χ0n) is 17.5. The van der Waals surface area contributed by atoms with E-state index in [2.05, 4.69) is 12.1 Å². The molecule has 2 aromatic carbocycles. The smallest absolute Gasteiger partial charge is 0.171 e. The van der Waals surface area contributed by atoms with Gasteiger partial charge in [-0.1, -0.05) is 24.3 Å². The van der Waals surface area contributed by atoms with Crippen molar-refractivity contribution in [1.82, 2.24) is 4.98 Å². The van der Waals surface area contributed by atoms with Crippen LogP contribution in [0.15, 0.2) is 82.5 Å². The summed E-state index contributed by atoms with van der Waals surface area (Å²) < 4.78 is 8.22. The maximum Gasteiger partial charge on any atom is 0.171 e. The zero-order chi connectivity index (χ0) is 21.4. The first kappa shape index (κ1) is 19.2. The molecular formula is C25H23N4O2+. The van der Waals surface area contributed by atoms with E-state index in [9.17, 15) is 0 Å². The summed E-state index contributed by atoms with van der Waals surface area (Å²) in [5.74, 6) is 0.701. The molecule has 31 heavy (non-hydrogen) atoms. The molecule has 2 heterocycles. The SMILES string of the molecule is CN(C)c1ccc2nc3c4ccccc4c(=Nc4cc[n+](CCO)cc4)cc-3oc2c1. The first-order valence-electron chi connectivity index (χ1n) is 10.2. The third-order valence-corrected chi connectivity index (χ3v) is 5.35. The quantitative estimate of drug-likeness (QED) is 0.278. The highest BCUT2D eigenvalue weighted by Crippen LogP contribution is 2.31. The molecule has 0 fully saturated rings. The molecule has 0 saturated carbocycles. The lowest BCUT2D eigenvalue weighted by molar-refractivity contribution is -0.698. The lowest BCUT2D eigenvalue weighted by Gasteiger charge is -2.14. The number of anilines is 1. The van der Waals surface area contributed by atoms with Crippen LogP contribution in [0.25, 0.3) is 33.3 Å². The van der Waals surface area contributed by atoms with Crippen molar-refractivity contribution in [2.24, 2.45) is 4.99 Å². The zero-order valence-corrected chi connectivity index (χ0v) is 17.5. The normalized spacial score (nSPS) is 12.2. The van der Waals surface area contributed by atoms with Crippen LogP contribution in [0.3, 0.4) is 0 Å². The van der Waals surface area contributed by atoms with E-state index >= 15 is 0 Å². The van der Waals surface area contributed by atoms with Crippen molar-refractivity contribution in [2.75, 3.05) is 25.6 Å². The summed E-state index contributed by atoms with van der Waals surface area (Å²) in [6, 6.07) is 20.0. The maximum absolute atomic E-state index is 9.10. The second-order valence-corrected chi connectivity index (χ2v) is 7.68. The summed E-state index contributed by atoms with van der Waals surface area (Å²) >= 11 is 0. The largest absolute Gasteiger partial charge is 0.453 e. The van der Waals surface area contributed by atoms with Crippen LogP contribution in [-0.2, 0) is 6.54 Å². The van der Waals surface area contributed by atoms with Crippen LogP contribution in [0, 0.1) is 0 Å². The lowest BCUT2D eigenvalue weighted by Crippen LogP contribution is -2.34. The molecule has 6 nitrogen and oxygen atoms in total. The van der Waals surface area contributed by atoms with Crippen LogP contribution in [0.4, 0.5) is 11.4 Å². The topological polar surface area (TPSA) is 65.7 Å². The van der Waals surface area contributed by atoms with Crippen LogP contribution in [0.1, 0.15) is 0 Å². The van der Waals surface area contributed by atoms with Gasteiger partial charge in [-0.15, -0.1) is 0 Å². The molecular weight excluding hydrogens is 388 g/mol. The molecule has 0 amide bonds. The first-order valence-corrected chi connectivity index (χ1v) is 10.2. The van der Waals surface area contributed by atoms with Crippen molar-refractivity contribution in [2.45, 2.75) is 6.54 Å². The molecule has 1 aromatic heterocycles. The van der Waals surface area contributed by atoms with Crippen molar-refractivity contribution in [1.29, 1.82) is 0 Å². The number of benzene rings is 3. The Bertz CT molecular complexity index is 1420. The Morgan fingerprint density at radius 3 is 2.52 bits per heavy atom. The Hall–Kier alpha value is -3.77. The Labute approximate surface area is 179 Å². The van der Waals surface area contributed by atoms with E-state index in [0.29, 0.717) is 12.3 Å². The highest BCUT2D eigenvalue weighted by atomic mass is 16.3. The molecule has 1 N–H and O–H groups in total. The highest BCUT2D eigenvalue weighted by molar-refractivity contribution is 5.96. The van der Waals surface area contributed by atoms with Crippen LogP contribution in [-0.4, -0.2) is 30.8 Å². The van der Waals surface area contributed by atoms with Crippen LogP contribution >= 0.6 is 0 Å². The molecule has 154 valence electrons. The number of hydrogen-bond acceptors (Lipinski definition) is 5. The van der Waals surface area contributed by atoms with Gasteiger partial charge < -0.3 is 14.4 Å². The van der Waals surface area contributed by atoms with Gasteiger partial charge in [0.2, 0.25) is 0 Å². The van der Waals surface area contributed by atoms with Gasteiger partial charge in [-0.25, -0.2) is 14.5 Å². The summed E-state index contributed by atoms with van der Waals surface area (Å²) in [6.07, 6.45) is 3.83. The number of aliphatic hydroxyl groups excluding tert-OH is 1. The maximum atomic E-state index is 9.10. The minimum Gasteiger partial charge on any atom is -0.453 e. The Balaban J connectivity index is 1.75. The molecule has 5 rings (SSSR count). The second-order valence-electron chi connectivity index (χ2n) is 7.68. The van der Waals surface area contributed by atoms with E-state index in [1.54, 1.807) is 0 Å². The lowest BCUT2D eigenvalue weighted by atomic mass is 10.0. The third-order valence-electron chi connectivity index (χ3n) is 5.35. The van der Waals surface area contributed by atoms with Gasteiger partial charge in [-0.05, 0) is 12.1 Å². The van der Waals surface area contributed by atoms with Gasteiger partial charge in [0.25, 0.3) is 0 Å². The van der Waals surface area contributed by atoms with Gasteiger partial charge >= 0.3 is 0 Å². The third kappa shape index (κ3) is 3.62. The fraction of sp³-hybridized carbons (Fsp3) is 0.160. The standard InChI is InChI=1S/C25H23N4O2/c1-28(2)18-7-8-21-23(15-18)31-24-16-22(19-5-3-4-6-20(19)25(24)27-21)26-17-9-11-29(12-10-17)13-14-30/h3-12,15-16,30H,13-14H2,1-2H3/q+1. The minimum atomic E-state index is 0.106. The van der Waals surface area contributed by atoms with Crippen molar-refractivity contribution >= 4 is 33.2 Å². The van der Waals surface area contributed by atoms with Crippen molar-refractivity contribution in [3.05, 3.63) is 78.4 Å². The number of rotatable bonds is 4. The minimum absolute atomic E-state index is 0.106. The molecule has 0 radical (unpaired) electrons. The molecule has 0 bridgehead atoms. The average molecular weight is 411 g/mol. The van der Waals surface area contributed by atoms with Gasteiger partial charge in [-0.2, -0.15) is 0 Å². The predicted molar refractivity (Wildman–Crippen MR) is 121 cm³/mol. The van der Waals surface area contributed by atoms with Crippen LogP contribution in [0.2, 0.25) is 0 Å². The summed E-state index contributed by atoms with van der Waals surface area (Å²) in [5, 5.41) is 12.0. The molecule has 3 aromatic rings. The van der Waals surface area contributed by atoms with E-state index in [1.807, 2.05) is 84.5 Å². The van der Waals surface area contributed by atoms with Gasteiger partial charge in [-0.3, -0.25) is 0 Å². The second kappa shape index (κ2) is 7.81. The fourth-order valence-corrected chi connectivity index (χ4v) is 3.72. The molecule has 0 atom stereocenters. The molecule has 6 heteroatoms. The summed E-state index contributed by atoms with van der Waals surface area (Å²) in [4.78, 5) is 11.8. The summed E-state index contributed by atoms with van der Waals surface area (Å²) in [7, 11) is 4.01. The number of aromatic nitrogens is 2. The van der Waals surface area contributed by atoms with Crippen molar-refractivity contribution in [3.63, 3.8) is 0 Å². The number of nitrogens with zero attached hydrogens (tertiary/aromatic N) is 4. The van der Waals surface area contributed by atoms with Crippen LogP contribution in [0.5, 0.6) is 0 Å². The number of aliphatic hydroxyl groups is 1. The predicted octanol–water partition coefficient (Wildman–Crippen LogP) is 3.66. The molecule has 0 spiro atoms. The van der Waals surface area contributed by atoms with E-state index in [4.69, 9.17) is 19.5 Å².